The molecular formula is C43H60O10. The first-order valence-electron chi connectivity index (χ1n) is 17.6. The summed E-state index contributed by atoms with van der Waals surface area (Å²) in [5.74, 6) is 1.83. The second-order valence-corrected chi connectivity index (χ2v) is 11.0. The molecule has 53 heavy (non-hydrogen) atoms. The van der Waals surface area contributed by atoms with Crippen molar-refractivity contribution in [2.45, 2.75) is 64.2 Å². The fraction of sp³-hybridized carbons (Fsp3) is 0.395. The number of aliphatic hydroxyl groups excluding tert-OH is 1. The minimum Gasteiger partial charge on any atom is -0.494 e. The largest absolute Gasteiger partial charge is 0.494 e. The van der Waals surface area contributed by atoms with Crippen LogP contribution in [0.1, 0.15) is 72.9 Å². The Morgan fingerprint density at radius 1 is 0.547 bits per heavy atom. The highest BCUT2D eigenvalue weighted by Crippen LogP contribution is 2.19. The van der Waals surface area contributed by atoms with E-state index in [0.29, 0.717) is 30.5 Å². The monoisotopic (exact) mass is 736 g/mol. The Labute approximate surface area is 316 Å². The molecule has 1 N–H and O–H groups in total. The quantitative estimate of drug-likeness (QED) is 0.0335. The van der Waals surface area contributed by atoms with E-state index in [4.69, 9.17) is 43.2 Å². The maximum atomic E-state index is 12.6. The van der Waals surface area contributed by atoms with Gasteiger partial charge in [0.2, 0.25) is 0 Å². The first-order valence-corrected chi connectivity index (χ1v) is 17.6. The van der Waals surface area contributed by atoms with Gasteiger partial charge in [-0.15, -0.1) is 0 Å². The number of hydrogen-bond acceptors (Lipinski definition) is 10. The van der Waals surface area contributed by atoms with Gasteiger partial charge in [0, 0.05) is 34.5 Å². The van der Waals surface area contributed by atoms with Crippen molar-refractivity contribution in [1.29, 1.82) is 0 Å². The Bertz CT molecular complexity index is 1280. The summed E-state index contributed by atoms with van der Waals surface area (Å²) >= 11 is 0. The smallest absolute Gasteiger partial charge is 0.343 e. The Morgan fingerprint density at radius 3 is 1.21 bits per heavy atom. The van der Waals surface area contributed by atoms with Gasteiger partial charge in [-0.2, -0.15) is 0 Å². The van der Waals surface area contributed by atoms with Gasteiger partial charge in [-0.3, -0.25) is 9.59 Å². The second-order valence-electron chi connectivity index (χ2n) is 11.0. The topological polar surface area (TPSA) is 135 Å². The van der Waals surface area contributed by atoms with Crippen LogP contribution in [0.15, 0.2) is 98.1 Å². The molecule has 0 heterocycles. The summed E-state index contributed by atoms with van der Waals surface area (Å²) in [6.07, 6.45) is 14.4. The number of methoxy groups -OCH3 is 2. The molecule has 0 aliphatic rings. The minimum atomic E-state index is -0.379. The zero-order chi connectivity index (χ0) is 39.8. The molecule has 292 valence electrons. The number of carbonyl (C=O) groups excluding carboxylic acids is 4. The standard InChI is InChI=1S/C35H46O6.2C3H4O.CH4O.CH2O/c1-37-25-7-3-5-9-27-39-32-19-13-29(14-20-32)11-12-30-15-21-34(22-16-30)41-35(36)31-17-23-33(24-18-31)40-28-10-6-4-8-26-38-2;2*1-2-3-4;2*1-2/h13-24H,3-12,25-28H2,1-2H3;2*2-3H,1H2;2H,1H3;1H2. The van der Waals surface area contributed by atoms with E-state index in [1.54, 1.807) is 26.4 Å². The lowest BCUT2D eigenvalue weighted by Gasteiger charge is -2.09. The van der Waals surface area contributed by atoms with Gasteiger partial charge in [0.1, 0.15) is 36.6 Å². The molecule has 0 aromatic heterocycles. The third-order valence-corrected chi connectivity index (χ3v) is 7.07. The fourth-order valence-electron chi connectivity index (χ4n) is 4.40. The SMILES string of the molecule is C=CC=O.C=CC=O.C=O.CO.COCCCCCCOc1ccc(CCc2ccc(OC(=O)c3ccc(OCCCCCCOC)cc3)cc2)cc1. The van der Waals surface area contributed by atoms with E-state index in [1.807, 2.05) is 55.3 Å². The molecule has 0 unspecified atom stereocenters. The highest BCUT2D eigenvalue weighted by molar-refractivity contribution is 5.91. The van der Waals surface area contributed by atoms with Crippen molar-refractivity contribution in [2.75, 3.05) is 47.8 Å². The number of aliphatic hydroxyl groups is 1. The minimum absolute atomic E-state index is 0.379. The van der Waals surface area contributed by atoms with Crippen LogP contribution in [0.25, 0.3) is 0 Å². The lowest BCUT2D eigenvalue weighted by molar-refractivity contribution is -0.104. The van der Waals surface area contributed by atoms with Crippen molar-refractivity contribution in [3.63, 3.8) is 0 Å². The fourth-order valence-corrected chi connectivity index (χ4v) is 4.40. The maximum absolute atomic E-state index is 12.6. The number of hydrogen-bond donors (Lipinski definition) is 1. The summed E-state index contributed by atoms with van der Waals surface area (Å²) in [6.45, 7) is 11.3. The van der Waals surface area contributed by atoms with E-state index in [0.717, 1.165) is 89.8 Å². The predicted molar refractivity (Wildman–Crippen MR) is 211 cm³/mol. The van der Waals surface area contributed by atoms with Gasteiger partial charge in [0.15, 0.2) is 0 Å². The van der Waals surface area contributed by atoms with Crippen LogP contribution in [0, 0.1) is 0 Å². The Balaban J connectivity index is 0. The number of carbonyl (C=O) groups is 4. The van der Waals surface area contributed by atoms with E-state index in [1.165, 1.54) is 36.1 Å². The summed E-state index contributed by atoms with van der Waals surface area (Å²) < 4.78 is 27.4. The second kappa shape index (κ2) is 38.3. The zero-order valence-electron chi connectivity index (χ0n) is 31.9. The molecule has 0 aliphatic carbocycles. The van der Waals surface area contributed by atoms with Crippen LogP contribution in [-0.4, -0.2) is 78.2 Å². The summed E-state index contributed by atoms with van der Waals surface area (Å²) in [5, 5.41) is 7.00. The van der Waals surface area contributed by atoms with Crippen LogP contribution in [0.4, 0.5) is 0 Å². The number of ether oxygens (including phenoxy) is 5. The number of unbranched alkanes of at least 4 members (excludes halogenated alkanes) is 6. The molecule has 0 atom stereocenters. The third kappa shape index (κ3) is 28.4. The third-order valence-electron chi connectivity index (χ3n) is 7.07. The molecule has 0 spiro atoms. The number of allylic oxidation sites excluding steroid dienone is 2. The number of benzene rings is 3. The molecular weight excluding hydrogens is 676 g/mol. The van der Waals surface area contributed by atoms with Crippen LogP contribution < -0.4 is 14.2 Å². The van der Waals surface area contributed by atoms with Crippen molar-refractivity contribution in [2.24, 2.45) is 0 Å². The van der Waals surface area contributed by atoms with E-state index in [-0.39, 0.29) is 5.97 Å². The molecule has 0 saturated carbocycles. The lowest BCUT2D eigenvalue weighted by Crippen LogP contribution is -2.08. The van der Waals surface area contributed by atoms with E-state index in [9.17, 15) is 4.79 Å². The van der Waals surface area contributed by atoms with Crippen LogP contribution >= 0.6 is 0 Å². The van der Waals surface area contributed by atoms with Crippen LogP contribution in [0.3, 0.4) is 0 Å². The number of aryl methyl sites for hydroxylation is 2. The van der Waals surface area contributed by atoms with E-state index >= 15 is 0 Å². The van der Waals surface area contributed by atoms with Gasteiger partial charge in [0.05, 0.1) is 18.8 Å². The molecule has 0 bridgehead atoms. The molecule has 0 radical (unpaired) electrons. The summed E-state index contributed by atoms with van der Waals surface area (Å²) in [5.41, 5.74) is 2.95. The average Bonchev–Trinajstić information content (AvgIpc) is 3.22. The van der Waals surface area contributed by atoms with Gasteiger partial charge >= 0.3 is 5.97 Å². The van der Waals surface area contributed by atoms with Crippen LogP contribution in [0.5, 0.6) is 17.2 Å². The maximum Gasteiger partial charge on any atom is 0.343 e. The van der Waals surface area contributed by atoms with Gasteiger partial charge < -0.3 is 33.6 Å². The summed E-state index contributed by atoms with van der Waals surface area (Å²) in [4.78, 5) is 38.7. The van der Waals surface area contributed by atoms with Crippen molar-refractivity contribution in [3.8, 4) is 17.2 Å². The molecule has 3 aromatic rings. The summed E-state index contributed by atoms with van der Waals surface area (Å²) in [7, 11) is 4.47. The predicted octanol–water partition coefficient (Wildman–Crippen LogP) is 8.03. The Hall–Kier alpha value is -4.90. The lowest BCUT2D eigenvalue weighted by atomic mass is 10.0. The average molecular weight is 737 g/mol. The molecule has 0 aliphatic heterocycles. The molecule has 3 aromatic carbocycles. The summed E-state index contributed by atoms with van der Waals surface area (Å²) in [6, 6.07) is 23.2. The first-order chi connectivity index (χ1) is 26.0. The normalized spacial score (nSPS) is 9.36. The van der Waals surface area contributed by atoms with Crippen molar-refractivity contribution in [3.05, 3.63) is 115 Å². The molecule has 10 nitrogen and oxygen atoms in total. The van der Waals surface area contributed by atoms with Gasteiger partial charge in [0.25, 0.3) is 0 Å². The number of aldehydes is 2. The van der Waals surface area contributed by atoms with E-state index in [2.05, 4.69) is 25.3 Å². The Kier molecular flexibility index (Phi) is 36.3. The number of esters is 1. The van der Waals surface area contributed by atoms with Gasteiger partial charge in [-0.1, -0.05) is 50.3 Å². The molecule has 0 saturated heterocycles. The molecule has 0 amide bonds. The molecule has 10 heteroatoms. The zero-order valence-corrected chi connectivity index (χ0v) is 31.9. The van der Waals surface area contributed by atoms with Crippen molar-refractivity contribution in [1.82, 2.24) is 0 Å². The van der Waals surface area contributed by atoms with E-state index < -0.39 is 0 Å². The van der Waals surface area contributed by atoms with Crippen molar-refractivity contribution < 1.29 is 48.0 Å². The highest BCUT2D eigenvalue weighted by atomic mass is 16.5. The van der Waals surface area contributed by atoms with Crippen LogP contribution in [0.2, 0.25) is 0 Å². The number of rotatable bonds is 23. The van der Waals surface area contributed by atoms with Crippen molar-refractivity contribution >= 4 is 25.3 Å². The van der Waals surface area contributed by atoms with Crippen LogP contribution in [-0.2, 0) is 36.7 Å². The highest BCUT2D eigenvalue weighted by Gasteiger charge is 2.09. The molecule has 0 fully saturated rings. The molecule has 3 rings (SSSR count). The van der Waals surface area contributed by atoms with Gasteiger partial charge in [-0.25, -0.2) is 4.79 Å². The first kappa shape index (κ1) is 50.2. The Morgan fingerprint density at radius 2 is 0.868 bits per heavy atom. The van der Waals surface area contributed by atoms with Gasteiger partial charge in [-0.05, 0) is 123 Å².